The molecule has 5 heteroatoms. The molecule has 0 radical (unpaired) electrons. The van der Waals surface area contributed by atoms with E-state index in [0.29, 0.717) is 11.7 Å². The molecule has 0 unspecified atom stereocenters. The van der Waals surface area contributed by atoms with Gasteiger partial charge in [-0.05, 0) is 50.7 Å². The van der Waals surface area contributed by atoms with Crippen LogP contribution in [0.2, 0.25) is 0 Å². The molecule has 0 saturated carbocycles. The van der Waals surface area contributed by atoms with Crippen LogP contribution < -0.4 is 10.1 Å². The number of aryl methyl sites for hydroxylation is 1. The molecular weight excluding hydrogens is 254 g/mol. The molecule has 0 aliphatic heterocycles. The number of nitrogens with zero attached hydrogens (tertiary/aromatic N) is 2. The topological polar surface area (TPSA) is 60.2 Å². The Morgan fingerprint density at radius 1 is 1.20 bits per heavy atom. The Balaban J connectivity index is 1.86. The van der Waals surface area contributed by atoms with Crippen LogP contribution in [-0.4, -0.2) is 30.3 Å². The molecule has 108 valence electrons. The number of aromatic nitrogens is 2. The largest absolute Gasteiger partial charge is 0.494 e. The summed E-state index contributed by atoms with van der Waals surface area (Å²) in [5.41, 5.74) is 0.941. The highest BCUT2D eigenvalue weighted by Gasteiger charge is 2.06. The van der Waals surface area contributed by atoms with Crippen molar-refractivity contribution in [3.8, 4) is 17.1 Å². The van der Waals surface area contributed by atoms with Crippen molar-refractivity contribution in [1.82, 2.24) is 15.5 Å². The van der Waals surface area contributed by atoms with Crippen LogP contribution in [-0.2, 0) is 6.42 Å². The van der Waals surface area contributed by atoms with Gasteiger partial charge >= 0.3 is 0 Å². The molecule has 2 rings (SSSR count). The van der Waals surface area contributed by atoms with Gasteiger partial charge < -0.3 is 14.6 Å². The summed E-state index contributed by atoms with van der Waals surface area (Å²) in [5, 5.41) is 7.07. The highest BCUT2D eigenvalue weighted by Crippen LogP contribution is 2.20. The van der Waals surface area contributed by atoms with Crippen LogP contribution in [0.1, 0.15) is 25.7 Å². The zero-order valence-corrected chi connectivity index (χ0v) is 12.1. The van der Waals surface area contributed by atoms with E-state index in [1.165, 1.54) is 0 Å². The summed E-state index contributed by atoms with van der Waals surface area (Å²) in [6.07, 6.45) is 2.92. The molecule has 20 heavy (non-hydrogen) atoms. The molecule has 0 aliphatic carbocycles. The maximum Gasteiger partial charge on any atom is 0.226 e. The minimum Gasteiger partial charge on any atom is -0.494 e. The molecule has 0 bridgehead atoms. The summed E-state index contributed by atoms with van der Waals surface area (Å²) in [6.45, 7) is 3.76. The number of unbranched alkanes of at least 4 members (excludes halogenated alkanes) is 1. The maximum absolute atomic E-state index is 5.68. The third-order valence-electron chi connectivity index (χ3n) is 2.97. The van der Waals surface area contributed by atoms with Crippen molar-refractivity contribution in [2.24, 2.45) is 0 Å². The van der Waals surface area contributed by atoms with E-state index in [9.17, 15) is 0 Å². The summed E-state index contributed by atoms with van der Waals surface area (Å²) in [7, 11) is 1.96. The van der Waals surface area contributed by atoms with Gasteiger partial charge in [0.15, 0.2) is 0 Å². The minimum atomic E-state index is 0.627. The van der Waals surface area contributed by atoms with Gasteiger partial charge in [-0.15, -0.1) is 0 Å². The van der Waals surface area contributed by atoms with Gasteiger partial charge in [-0.3, -0.25) is 0 Å². The highest BCUT2D eigenvalue weighted by molar-refractivity contribution is 5.55. The minimum absolute atomic E-state index is 0.627. The van der Waals surface area contributed by atoms with Gasteiger partial charge in [-0.25, -0.2) is 0 Å². The van der Waals surface area contributed by atoms with Crippen LogP contribution in [0.4, 0.5) is 0 Å². The molecular formula is C15H21N3O2. The highest BCUT2D eigenvalue weighted by atomic mass is 16.5. The molecule has 1 aromatic carbocycles. The molecule has 1 heterocycles. The maximum atomic E-state index is 5.68. The molecule has 0 saturated heterocycles. The van der Waals surface area contributed by atoms with Gasteiger partial charge in [0.05, 0.1) is 6.61 Å². The van der Waals surface area contributed by atoms with E-state index in [1.807, 2.05) is 38.2 Å². The van der Waals surface area contributed by atoms with Crippen molar-refractivity contribution in [3.05, 3.63) is 30.2 Å². The number of hydrogen-bond donors (Lipinski definition) is 1. The molecule has 0 spiro atoms. The predicted molar refractivity (Wildman–Crippen MR) is 77.8 cm³/mol. The fourth-order valence-corrected chi connectivity index (χ4v) is 1.81. The van der Waals surface area contributed by atoms with Crippen LogP contribution >= 0.6 is 0 Å². The fourth-order valence-electron chi connectivity index (χ4n) is 1.81. The molecule has 0 aliphatic rings. The van der Waals surface area contributed by atoms with E-state index in [0.717, 1.165) is 43.7 Å². The van der Waals surface area contributed by atoms with Gasteiger partial charge in [-0.2, -0.15) is 4.98 Å². The molecule has 1 N–H and O–H groups in total. The number of hydrogen-bond acceptors (Lipinski definition) is 5. The summed E-state index contributed by atoms with van der Waals surface area (Å²) >= 11 is 0. The first-order valence-electron chi connectivity index (χ1n) is 7.04. The van der Waals surface area contributed by atoms with Crippen molar-refractivity contribution in [1.29, 1.82) is 0 Å². The van der Waals surface area contributed by atoms with E-state index >= 15 is 0 Å². The molecule has 2 aromatic rings. The van der Waals surface area contributed by atoms with Gasteiger partial charge in [0.1, 0.15) is 5.75 Å². The zero-order chi connectivity index (χ0) is 14.2. The smallest absolute Gasteiger partial charge is 0.226 e. The summed E-state index contributed by atoms with van der Waals surface area (Å²) in [6, 6.07) is 7.78. The normalized spacial score (nSPS) is 10.7. The van der Waals surface area contributed by atoms with E-state index in [2.05, 4.69) is 15.5 Å². The third kappa shape index (κ3) is 4.06. The van der Waals surface area contributed by atoms with Crippen molar-refractivity contribution in [2.75, 3.05) is 20.2 Å². The average molecular weight is 275 g/mol. The van der Waals surface area contributed by atoms with Gasteiger partial charge in [0.2, 0.25) is 11.7 Å². The van der Waals surface area contributed by atoms with Gasteiger partial charge in [-0.1, -0.05) is 12.1 Å². The molecule has 0 fully saturated rings. The van der Waals surface area contributed by atoms with Crippen LogP contribution in [0.25, 0.3) is 11.4 Å². The first-order valence-corrected chi connectivity index (χ1v) is 7.04. The SMILES string of the molecule is CCc1nc(-c2ccc(OCCCCNC)cc2)no1. The molecule has 0 amide bonds. The lowest BCUT2D eigenvalue weighted by atomic mass is 10.2. The fraction of sp³-hybridized carbons (Fsp3) is 0.467. The predicted octanol–water partition coefficient (Wildman–Crippen LogP) is 2.68. The van der Waals surface area contributed by atoms with Crippen molar-refractivity contribution < 1.29 is 9.26 Å². The van der Waals surface area contributed by atoms with E-state index < -0.39 is 0 Å². The Bertz CT molecular complexity index is 508. The second-order valence-corrected chi connectivity index (χ2v) is 4.55. The Kier molecular flexibility index (Phi) is 5.55. The van der Waals surface area contributed by atoms with E-state index in [4.69, 9.17) is 9.26 Å². The summed E-state index contributed by atoms with van der Waals surface area (Å²) < 4.78 is 10.8. The molecule has 1 aromatic heterocycles. The van der Waals surface area contributed by atoms with E-state index in [-0.39, 0.29) is 0 Å². The molecule has 0 atom stereocenters. The monoisotopic (exact) mass is 275 g/mol. The van der Waals surface area contributed by atoms with Crippen LogP contribution in [0, 0.1) is 0 Å². The lowest BCUT2D eigenvalue weighted by molar-refractivity contribution is 0.306. The van der Waals surface area contributed by atoms with Crippen molar-refractivity contribution >= 4 is 0 Å². The number of nitrogens with one attached hydrogen (secondary N) is 1. The zero-order valence-electron chi connectivity index (χ0n) is 12.1. The Morgan fingerprint density at radius 3 is 2.65 bits per heavy atom. The van der Waals surface area contributed by atoms with Crippen LogP contribution in [0.5, 0.6) is 5.75 Å². The van der Waals surface area contributed by atoms with Crippen LogP contribution in [0.15, 0.2) is 28.8 Å². The molecule has 5 nitrogen and oxygen atoms in total. The lowest BCUT2D eigenvalue weighted by Gasteiger charge is -2.06. The van der Waals surface area contributed by atoms with Crippen molar-refractivity contribution in [2.45, 2.75) is 26.2 Å². The summed E-state index contributed by atoms with van der Waals surface area (Å²) in [5.74, 6) is 2.16. The Labute approximate surface area is 119 Å². The Morgan fingerprint density at radius 2 is 2.00 bits per heavy atom. The van der Waals surface area contributed by atoms with Gasteiger partial charge in [0, 0.05) is 12.0 Å². The van der Waals surface area contributed by atoms with Gasteiger partial charge in [0.25, 0.3) is 0 Å². The quantitative estimate of drug-likeness (QED) is 0.750. The third-order valence-corrected chi connectivity index (χ3v) is 2.97. The number of benzene rings is 1. The van der Waals surface area contributed by atoms with E-state index in [1.54, 1.807) is 0 Å². The number of ether oxygens (including phenoxy) is 1. The first-order chi connectivity index (χ1) is 9.83. The first kappa shape index (κ1) is 14.5. The lowest BCUT2D eigenvalue weighted by Crippen LogP contribution is -2.09. The second kappa shape index (κ2) is 7.65. The standard InChI is InChI=1S/C15H21N3O2/c1-3-14-17-15(18-20-14)12-6-8-13(9-7-12)19-11-5-4-10-16-2/h6-9,16H,3-5,10-11H2,1-2H3. The average Bonchev–Trinajstić information content (AvgIpc) is 2.97. The summed E-state index contributed by atoms with van der Waals surface area (Å²) in [4.78, 5) is 4.30. The van der Waals surface area contributed by atoms with Crippen LogP contribution in [0.3, 0.4) is 0 Å². The Hall–Kier alpha value is -1.88. The van der Waals surface area contributed by atoms with Crippen molar-refractivity contribution in [3.63, 3.8) is 0 Å². The number of rotatable bonds is 8. The second-order valence-electron chi connectivity index (χ2n) is 4.55.